The molecule has 0 fully saturated rings. The summed E-state index contributed by atoms with van der Waals surface area (Å²) in [5, 5.41) is 10.8. The maximum atomic E-state index is 9.59. The van der Waals surface area contributed by atoms with E-state index in [9.17, 15) is 5.11 Å². The Balaban J connectivity index is 1.97. The van der Waals surface area contributed by atoms with Crippen LogP contribution in [0.3, 0.4) is 0 Å². The summed E-state index contributed by atoms with van der Waals surface area (Å²) in [6, 6.07) is 23.6. The van der Waals surface area contributed by atoms with Crippen LogP contribution in [-0.2, 0) is 0 Å². The lowest BCUT2D eigenvalue weighted by Gasteiger charge is -2.07. The van der Waals surface area contributed by atoms with Crippen LogP contribution in [0.5, 0.6) is 11.5 Å². The number of H-pyrrole nitrogens is 1. The molecule has 0 radical (unpaired) electrons. The molecule has 0 saturated carbocycles. The van der Waals surface area contributed by atoms with E-state index in [0.717, 1.165) is 39.0 Å². The molecule has 1 aromatic heterocycles. The van der Waals surface area contributed by atoms with Crippen molar-refractivity contribution in [3.05, 3.63) is 72.8 Å². The van der Waals surface area contributed by atoms with Gasteiger partial charge in [0.05, 0.1) is 12.8 Å². The zero-order valence-corrected chi connectivity index (χ0v) is 13.3. The van der Waals surface area contributed by atoms with E-state index in [-0.39, 0.29) is 5.75 Å². The van der Waals surface area contributed by atoms with Crippen molar-refractivity contribution >= 4 is 10.9 Å². The first-order chi connectivity index (χ1) is 11.8. The summed E-state index contributed by atoms with van der Waals surface area (Å²) in [6.45, 7) is 0. The maximum Gasteiger partial charge on any atom is 0.118 e. The standard InChI is InChI=1S/C21H17NO2/c1-24-17-12-8-15(9-13-17)21-20(14-6-10-16(23)11-7-14)18-4-2-3-5-19(18)22-21/h2-13,22-23H,1H3. The quantitative estimate of drug-likeness (QED) is 0.544. The number of hydrogen-bond donors (Lipinski definition) is 2. The summed E-state index contributed by atoms with van der Waals surface area (Å²) in [7, 11) is 1.67. The van der Waals surface area contributed by atoms with E-state index in [1.807, 2.05) is 48.5 Å². The number of methoxy groups -OCH3 is 1. The number of nitrogens with one attached hydrogen (secondary N) is 1. The lowest BCUT2D eigenvalue weighted by atomic mass is 9.98. The zero-order chi connectivity index (χ0) is 16.5. The Morgan fingerprint density at radius 1 is 0.792 bits per heavy atom. The third-order valence-electron chi connectivity index (χ3n) is 4.24. The molecule has 0 amide bonds. The van der Waals surface area contributed by atoms with Gasteiger partial charge in [-0.05, 0) is 53.6 Å². The van der Waals surface area contributed by atoms with Crippen LogP contribution >= 0.6 is 0 Å². The molecule has 24 heavy (non-hydrogen) atoms. The molecule has 0 aliphatic heterocycles. The van der Waals surface area contributed by atoms with Crippen molar-refractivity contribution in [2.75, 3.05) is 7.11 Å². The highest BCUT2D eigenvalue weighted by Crippen LogP contribution is 2.39. The maximum absolute atomic E-state index is 9.59. The van der Waals surface area contributed by atoms with Crippen LogP contribution in [0.4, 0.5) is 0 Å². The molecule has 0 spiro atoms. The molecule has 4 aromatic rings. The molecule has 1 heterocycles. The second-order valence-electron chi connectivity index (χ2n) is 5.70. The van der Waals surface area contributed by atoms with E-state index in [1.54, 1.807) is 19.2 Å². The van der Waals surface area contributed by atoms with E-state index >= 15 is 0 Å². The van der Waals surface area contributed by atoms with Gasteiger partial charge in [-0.25, -0.2) is 0 Å². The van der Waals surface area contributed by atoms with Crippen LogP contribution in [0, 0.1) is 0 Å². The van der Waals surface area contributed by atoms with Gasteiger partial charge in [0.1, 0.15) is 11.5 Å². The van der Waals surface area contributed by atoms with Gasteiger partial charge in [0.25, 0.3) is 0 Å². The smallest absolute Gasteiger partial charge is 0.118 e. The minimum atomic E-state index is 0.268. The second-order valence-corrected chi connectivity index (χ2v) is 5.70. The number of phenols is 1. The van der Waals surface area contributed by atoms with Crippen LogP contribution in [0.2, 0.25) is 0 Å². The number of fused-ring (bicyclic) bond motifs is 1. The van der Waals surface area contributed by atoms with Gasteiger partial charge >= 0.3 is 0 Å². The van der Waals surface area contributed by atoms with Crippen LogP contribution in [0.1, 0.15) is 0 Å². The Kier molecular flexibility index (Phi) is 3.47. The number of hydrogen-bond acceptors (Lipinski definition) is 2. The lowest BCUT2D eigenvalue weighted by Crippen LogP contribution is -1.85. The van der Waals surface area contributed by atoms with Crippen molar-refractivity contribution < 1.29 is 9.84 Å². The van der Waals surface area contributed by atoms with E-state index in [0.29, 0.717) is 0 Å². The number of benzene rings is 3. The number of rotatable bonds is 3. The van der Waals surface area contributed by atoms with Crippen molar-refractivity contribution in [1.29, 1.82) is 0 Å². The molecule has 0 aliphatic carbocycles. The van der Waals surface area contributed by atoms with E-state index in [2.05, 4.69) is 17.1 Å². The van der Waals surface area contributed by atoms with Crippen LogP contribution in [0.25, 0.3) is 33.3 Å². The third-order valence-corrected chi connectivity index (χ3v) is 4.24. The second kappa shape index (κ2) is 5.78. The van der Waals surface area contributed by atoms with Gasteiger partial charge in [-0.1, -0.05) is 30.3 Å². The predicted octanol–water partition coefficient (Wildman–Crippen LogP) is 5.22. The van der Waals surface area contributed by atoms with Gasteiger partial charge in [-0.15, -0.1) is 0 Å². The molecule has 3 nitrogen and oxygen atoms in total. The minimum absolute atomic E-state index is 0.268. The van der Waals surface area contributed by atoms with Gasteiger partial charge in [0.15, 0.2) is 0 Å². The predicted molar refractivity (Wildman–Crippen MR) is 97.4 cm³/mol. The first kappa shape index (κ1) is 14.4. The lowest BCUT2D eigenvalue weighted by molar-refractivity contribution is 0.415. The fourth-order valence-electron chi connectivity index (χ4n) is 3.04. The molecular weight excluding hydrogens is 298 g/mol. The van der Waals surface area contributed by atoms with Crippen LogP contribution in [-0.4, -0.2) is 17.2 Å². The number of aromatic hydroxyl groups is 1. The first-order valence-corrected chi connectivity index (χ1v) is 7.81. The van der Waals surface area contributed by atoms with Gasteiger partial charge in [-0.2, -0.15) is 0 Å². The average molecular weight is 315 g/mol. The van der Waals surface area contributed by atoms with E-state index in [1.165, 1.54) is 0 Å². The van der Waals surface area contributed by atoms with Gasteiger partial charge in [-0.3, -0.25) is 0 Å². The van der Waals surface area contributed by atoms with Crippen molar-refractivity contribution in [2.24, 2.45) is 0 Å². The van der Waals surface area contributed by atoms with Crippen molar-refractivity contribution in [3.63, 3.8) is 0 Å². The number of aromatic amines is 1. The first-order valence-electron chi connectivity index (χ1n) is 7.81. The Labute approximate surface area is 140 Å². The Hall–Kier alpha value is -3.20. The normalized spacial score (nSPS) is 10.9. The summed E-state index contributed by atoms with van der Waals surface area (Å²) in [6.07, 6.45) is 0. The SMILES string of the molecule is COc1ccc(-c2[nH]c3ccccc3c2-c2ccc(O)cc2)cc1. The van der Waals surface area contributed by atoms with Crippen molar-refractivity contribution in [2.45, 2.75) is 0 Å². The number of para-hydroxylation sites is 1. The number of aromatic nitrogens is 1. The molecule has 3 heteroatoms. The van der Waals surface area contributed by atoms with E-state index < -0.39 is 0 Å². The zero-order valence-electron chi connectivity index (χ0n) is 13.3. The van der Waals surface area contributed by atoms with Gasteiger partial charge < -0.3 is 14.8 Å². The fourth-order valence-corrected chi connectivity index (χ4v) is 3.04. The minimum Gasteiger partial charge on any atom is -0.508 e. The summed E-state index contributed by atoms with van der Waals surface area (Å²) in [5.74, 6) is 1.10. The monoisotopic (exact) mass is 315 g/mol. The molecule has 118 valence electrons. The topological polar surface area (TPSA) is 45.2 Å². The number of phenolic OH excluding ortho intramolecular Hbond substituents is 1. The van der Waals surface area contributed by atoms with Gasteiger partial charge in [0, 0.05) is 16.5 Å². The van der Waals surface area contributed by atoms with Crippen molar-refractivity contribution in [1.82, 2.24) is 4.98 Å². The van der Waals surface area contributed by atoms with Crippen molar-refractivity contribution in [3.8, 4) is 33.9 Å². The molecule has 0 aliphatic rings. The number of ether oxygens (including phenoxy) is 1. The van der Waals surface area contributed by atoms with E-state index in [4.69, 9.17) is 4.74 Å². The summed E-state index contributed by atoms with van der Waals surface area (Å²) in [4.78, 5) is 3.53. The van der Waals surface area contributed by atoms with Crippen LogP contribution in [0.15, 0.2) is 72.8 Å². The molecule has 0 atom stereocenters. The largest absolute Gasteiger partial charge is 0.508 e. The Morgan fingerprint density at radius 2 is 1.46 bits per heavy atom. The Bertz CT molecular complexity index is 983. The highest BCUT2D eigenvalue weighted by molar-refractivity contribution is 6.03. The molecule has 0 bridgehead atoms. The molecule has 0 saturated heterocycles. The average Bonchev–Trinajstić information content (AvgIpc) is 3.02. The highest BCUT2D eigenvalue weighted by Gasteiger charge is 2.14. The molecule has 2 N–H and O–H groups in total. The summed E-state index contributed by atoms with van der Waals surface area (Å²) in [5.41, 5.74) is 5.44. The fraction of sp³-hybridized carbons (Fsp3) is 0.0476. The van der Waals surface area contributed by atoms with Gasteiger partial charge in [0.2, 0.25) is 0 Å². The Morgan fingerprint density at radius 3 is 2.17 bits per heavy atom. The molecular formula is C21H17NO2. The molecule has 0 unspecified atom stereocenters. The third kappa shape index (κ3) is 2.40. The molecule has 4 rings (SSSR count). The molecule has 3 aromatic carbocycles. The highest BCUT2D eigenvalue weighted by atomic mass is 16.5. The summed E-state index contributed by atoms with van der Waals surface area (Å²) < 4.78 is 5.25. The summed E-state index contributed by atoms with van der Waals surface area (Å²) >= 11 is 0. The van der Waals surface area contributed by atoms with Crippen LogP contribution < -0.4 is 4.74 Å².